The van der Waals surface area contributed by atoms with Crippen LogP contribution in [0.2, 0.25) is 0 Å². The monoisotopic (exact) mass is 300 g/mol. The normalized spacial score (nSPS) is 26.3. The van der Waals surface area contributed by atoms with E-state index in [1.54, 1.807) is 12.4 Å². The lowest BCUT2D eigenvalue weighted by atomic mass is 9.92. The van der Waals surface area contributed by atoms with Gasteiger partial charge < -0.3 is 9.64 Å². The van der Waals surface area contributed by atoms with E-state index in [1.165, 1.54) is 5.70 Å². The van der Waals surface area contributed by atoms with Crippen LogP contribution in [0.1, 0.15) is 45.6 Å². The fourth-order valence-corrected chi connectivity index (χ4v) is 3.19. The molecule has 2 bridgehead atoms. The average Bonchev–Trinajstić information content (AvgIpc) is 2.69. The number of esters is 1. The molecule has 3 rings (SSSR count). The van der Waals surface area contributed by atoms with Crippen molar-refractivity contribution >= 4 is 12.0 Å². The molecule has 0 aliphatic carbocycles. The summed E-state index contributed by atoms with van der Waals surface area (Å²) in [4.78, 5) is 18.7. The van der Waals surface area contributed by atoms with Crippen LogP contribution in [0.25, 0.3) is 6.08 Å². The van der Waals surface area contributed by atoms with Crippen LogP contribution in [0.15, 0.2) is 30.2 Å². The summed E-state index contributed by atoms with van der Waals surface area (Å²) >= 11 is 0. The molecule has 0 N–H and O–H groups in total. The minimum absolute atomic E-state index is 0.0977. The van der Waals surface area contributed by atoms with Crippen LogP contribution >= 0.6 is 0 Å². The number of carbonyl (C=O) groups excluding carboxylic acids is 1. The minimum Gasteiger partial charge on any atom is -0.456 e. The summed E-state index contributed by atoms with van der Waals surface area (Å²) in [5.74, 6) is -0.0977. The molecule has 1 aromatic rings. The Balaban J connectivity index is 1.81. The molecule has 4 nitrogen and oxygen atoms in total. The molecule has 22 heavy (non-hydrogen) atoms. The summed E-state index contributed by atoms with van der Waals surface area (Å²) in [6, 6.07) is 4.01. The second-order valence-electron chi connectivity index (χ2n) is 7.44. The number of carbonyl (C=O) groups is 1. The molecule has 1 unspecified atom stereocenters. The molecule has 1 aromatic heterocycles. The standard InChI is InChI=1S/C18H24N2O2/c1-17(2,3)16(21)22-18-7-4-10-20(13-18)15(12-18)11-14-5-8-19-9-6-14/h5-6,8-9,11H,4,7,10,12-13H2,1-3H3/b15-11+. The minimum atomic E-state index is -0.450. The van der Waals surface area contributed by atoms with Gasteiger partial charge in [-0.1, -0.05) is 0 Å². The zero-order valence-corrected chi connectivity index (χ0v) is 13.6. The van der Waals surface area contributed by atoms with Gasteiger partial charge in [-0.2, -0.15) is 0 Å². The third-order valence-electron chi connectivity index (χ3n) is 4.41. The van der Waals surface area contributed by atoms with Crippen molar-refractivity contribution in [3.63, 3.8) is 0 Å². The van der Waals surface area contributed by atoms with Gasteiger partial charge in [0.25, 0.3) is 0 Å². The summed E-state index contributed by atoms with van der Waals surface area (Å²) in [6.45, 7) is 7.61. The highest BCUT2D eigenvalue weighted by molar-refractivity contribution is 5.76. The number of ether oxygens (including phenoxy) is 1. The van der Waals surface area contributed by atoms with Gasteiger partial charge in [-0.15, -0.1) is 0 Å². The van der Waals surface area contributed by atoms with Crippen molar-refractivity contribution in [1.29, 1.82) is 0 Å². The van der Waals surface area contributed by atoms with Crippen molar-refractivity contribution in [3.8, 4) is 0 Å². The summed E-state index contributed by atoms with van der Waals surface area (Å²) in [5.41, 5.74) is 1.64. The van der Waals surface area contributed by atoms with Gasteiger partial charge in [-0.05, 0) is 57.4 Å². The molecule has 2 aliphatic heterocycles. The first kappa shape index (κ1) is 15.1. The van der Waals surface area contributed by atoms with Crippen LogP contribution in [-0.4, -0.2) is 34.5 Å². The van der Waals surface area contributed by atoms with E-state index in [2.05, 4.69) is 16.0 Å². The van der Waals surface area contributed by atoms with Gasteiger partial charge in [0, 0.05) is 31.1 Å². The summed E-state index contributed by atoms with van der Waals surface area (Å²) < 4.78 is 5.97. The maximum Gasteiger partial charge on any atom is 0.311 e. The van der Waals surface area contributed by atoms with Crippen molar-refractivity contribution in [2.75, 3.05) is 13.1 Å². The van der Waals surface area contributed by atoms with Crippen LogP contribution in [0.4, 0.5) is 0 Å². The maximum absolute atomic E-state index is 12.3. The SMILES string of the molecule is CC(C)(C)C(=O)OC12CCCN(C1)/C(=C/c1ccncc1)C2. The number of aromatic nitrogens is 1. The molecule has 0 aromatic carbocycles. The molecule has 1 atom stereocenters. The third kappa shape index (κ3) is 3.01. The molecule has 0 radical (unpaired) electrons. The Kier molecular flexibility index (Phi) is 3.71. The zero-order valence-electron chi connectivity index (χ0n) is 13.6. The number of piperidine rings is 1. The Morgan fingerprint density at radius 3 is 2.77 bits per heavy atom. The molecule has 2 fully saturated rings. The van der Waals surface area contributed by atoms with E-state index in [1.807, 2.05) is 32.9 Å². The third-order valence-corrected chi connectivity index (χ3v) is 4.41. The van der Waals surface area contributed by atoms with E-state index in [0.29, 0.717) is 0 Å². The fourth-order valence-electron chi connectivity index (χ4n) is 3.19. The predicted octanol–water partition coefficient (Wildman–Crippen LogP) is 3.25. The molecule has 0 saturated carbocycles. The molecular formula is C18H24N2O2. The van der Waals surface area contributed by atoms with Gasteiger partial charge in [0.2, 0.25) is 0 Å². The second kappa shape index (κ2) is 5.41. The van der Waals surface area contributed by atoms with Crippen LogP contribution in [0.3, 0.4) is 0 Å². The van der Waals surface area contributed by atoms with Crippen LogP contribution in [-0.2, 0) is 9.53 Å². The molecule has 118 valence electrons. The van der Waals surface area contributed by atoms with E-state index in [9.17, 15) is 4.79 Å². The van der Waals surface area contributed by atoms with Gasteiger partial charge in [0.05, 0.1) is 12.0 Å². The summed E-state index contributed by atoms with van der Waals surface area (Å²) in [7, 11) is 0. The summed E-state index contributed by atoms with van der Waals surface area (Å²) in [6.07, 6.45) is 8.65. The van der Waals surface area contributed by atoms with E-state index < -0.39 is 5.41 Å². The number of rotatable bonds is 2. The molecular weight excluding hydrogens is 276 g/mol. The highest BCUT2D eigenvalue weighted by Crippen LogP contribution is 2.42. The number of nitrogens with zero attached hydrogens (tertiary/aromatic N) is 2. The number of fused-ring (bicyclic) bond motifs is 2. The van der Waals surface area contributed by atoms with Crippen molar-refractivity contribution in [2.24, 2.45) is 5.41 Å². The topological polar surface area (TPSA) is 42.4 Å². The van der Waals surface area contributed by atoms with Crippen LogP contribution in [0.5, 0.6) is 0 Å². The van der Waals surface area contributed by atoms with Gasteiger partial charge in [-0.3, -0.25) is 9.78 Å². The molecule has 0 amide bonds. The average molecular weight is 300 g/mol. The van der Waals surface area contributed by atoms with Gasteiger partial charge in [0.15, 0.2) is 0 Å². The van der Waals surface area contributed by atoms with Gasteiger partial charge in [0.1, 0.15) is 5.60 Å². The van der Waals surface area contributed by atoms with E-state index in [4.69, 9.17) is 4.74 Å². The largest absolute Gasteiger partial charge is 0.456 e. The zero-order chi connectivity index (χ0) is 15.8. The Hall–Kier alpha value is -1.84. The number of hydrogen-bond acceptors (Lipinski definition) is 4. The number of pyridine rings is 1. The first-order valence-electron chi connectivity index (χ1n) is 7.97. The van der Waals surface area contributed by atoms with Gasteiger partial charge in [-0.25, -0.2) is 0 Å². The van der Waals surface area contributed by atoms with E-state index >= 15 is 0 Å². The first-order chi connectivity index (χ1) is 10.4. The second-order valence-corrected chi connectivity index (χ2v) is 7.44. The maximum atomic E-state index is 12.3. The Morgan fingerprint density at radius 1 is 1.36 bits per heavy atom. The first-order valence-corrected chi connectivity index (χ1v) is 7.97. The quantitative estimate of drug-likeness (QED) is 0.786. The van der Waals surface area contributed by atoms with E-state index in [-0.39, 0.29) is 11.6 Å². The highest BCUT2D eigenvalue weighted by Gasteiger charge is 2.47. The Bertz CT molecular complexity index is 589. The van der Waals surface area contributed by atoms with Crippen LogP contribution < -0.4 is 0 Å². The predicted molar refractivity (Wildman–Crippen MR) is 85.9 cm³/mol. The fraction of sp³-hybridized carbons (Fsp3) is 0.556. The Labute approximate surface area is 132 Å². The molecule has 4 heteroatoms. The lowest BCUT2D eigenvalue weighted by Gasteiger charge is -2.35. The lowest BCUT2D eigenvalue weighted by molar-refractivity contribution is -0.170. The molecule has 0 spiro atoms. The highest BCUT2D eigenvalue weighted by atomic mass is 16.6. The van der Waals surface area contributed by atoms with Gasteiger partial charge >= 0.3 is 5.97 Å². The molecule has 2 saturated heterocycles. The van der Waals surface area contributed by atoms with Crippen molar-refractivity contribution in [2.45, 2.75) is 45.6 Å². The lowest BCUT2D eigenvalue weighted by Crippen LogP contribution is -2.44. The molecule has 2 aliphatic rings. The van der Waals surface area contributed by atoms with Crippen molar-refractivity contribution < 1.29 is 9.53 Å². The van der Waals surface area contributed by atoms with Crippen molar-refractivity contribution in [3.05, 3.63) is 35.8 Å². The van der Waals surface area contributed by atoms with E-state index in [0.717, 1.165) is 37.9 Å². The summed E-state index contributed by atoms with van der Waals surface area (Å²) in [5, 5.41) is 0. The van der Waals surface area contributed by atoms with Crippen LogP contribution in [0, 0.1) is 5.41 Å². The number of hydrogen-bond donors (Lipinski definition) is 0. The van der Waals surface area contributed by atoms with Crippen molar-refractivity contribution in [1.82, 2.24) is 9.88 Å². The Morgan fingerprint density at radius 2 is 2.09 bits per heavy atom. The smallest absolute Gasteiger partial charge is 0.311 e. The molecule has 3 heterocycles.